The van der Waals surface area contributed by atoms with Gasteiger partial charge in [0.25, 0.3) is 21.5 Å². The van der Waals surface area contributed by atoms with Crippen LogP contribution >= 0.6 is 11.6 Å². The molecule has 15 heteroatoms. The number of carbonyl (C=O) groups excluding carboxylic acids is 1. The van der Waals surface area contributed by atoms with Crippen molar-refractivity contribution in [2.45, 2.75) is 16.3 Å². The number of nitrogen functional groups attached to an aromatic ring is 1. The second-order valence-electron chi connectivity index (χ2n) is 8.93. The number of nitrogens with zero attached hydrogens (tertiary/aromatic N) is 2. The highest BCUT2D eigenvalue weighted by Gasteiger charge is 2.29. The zero-order chi connectivity index (χ0) is 29.5. The predicted molar refractivity (Wildman–Crippen MR) is 153 cm³/mol. The molecule has 0 atom stereocenters. The summed E-state index contributed by atoms with van der Waals surface area (Å²) in [6.45, 7) is 0.0410. The summed E-state index contributed by atoms with van der Waals surface area (Å²) in [5.41, 5.74) is 6.49. The monoisotopic (exact) mass is 612 g/mol. The number of aromatic nitrogens is 3. The van der Waals surface area contributed by atoms with Crippen LogP contribution in [0.2, 0.25) is 5.02 Å². The van der Waals surface area contributed by atoms with E-state index < -0.39 is 41.3 Å². The van der Waals surface area contributed by atoms with Crippen molar-refractivity contribution in [3.63, 3.8) is 0 Å². The van der Waals surface area contributed by atoms with E-state index in [-0.39, 0.29) is 29.2 Å². The molecule has 41 heavy (non-hydrogen) atoms. The Morgan fingerprint density at radius 2 is 1.76 bits per heavy atom. The molecule has 0 aliphatic heterocycles. The first-order valence-electron chi connectivity index (χ1n) is 11.8. The highest BCUT2D eigenvalue weighted by molar-refractivity contribution is 7.90. The van der Waals surface area contributed by atoms with Crippen LogP contribution in [0, 0.1) is 0 Å². The first kappa shape index (κ1) is 28.0. The van der Waals surface area contributed by atoms with Crippen molar-refractivity contribution in [3.8, 4) is 11.1 Å². The molecule has 0 aliphatic rings. The third-order valence-corrected chi connectivity index (χ3v) is 8.66. The third-order valence-electron chi connectivity index (χ3n) is 6.19. The van der Waals surface area contributed by atoms with E-state index in [1.165, 1.54) is 29.1 Å². The van der Waals surface area contributed by atoms with Gasteiger partial charge in [-0.15, -0.1) is 0 Å². The first-order chi connectivity index (χ1) is 19.3. The number of H-pyrrole nitrogens is 1. The quantitative estimate of drug-likeness (QED) is 0.214. The van der Waals surface area contributed by atoms with Gasteiger partial charge in [0.1, 0.15) is 11.5 Å². The summed E-state index contributed by atoms with van der Waals surface area (Å²) in [5.74, 6) is -0.858. The van der Waals surface area contributed by atoms with E-state index in [9.17, 15) is 26.4 Å². The van der Waals surface area contributed by atoms with E-state index in [2.05, 4.69) is 9.97 Å². The van der Waals surface area contributed by atoms with Gasteiger partial charge in [-0.25, -0.2) is 31.7 Å². The number of carbonyl (C=O) groups is 1. The smallest absolute Gasteiger partial charge is 0.282 e. The van der Waals surface area contributed by atoms with Crippen LogP contribution in [0.3, 0.4) is 0 Å². The topological polar surface area (TPSA) is 200 Å². The minimum absolute atomic E-state index is 0.0410. The summed E-state index contributed by atoms with van der Waals surface area (Å²) >= 11 is 6.30. The lowest BCUT2D eigenvalue weighted by Gasteiger charge is -2.14. The van der Waals surface area contributed by atoms with Crippen LogP contribution in [-0.2, 0) is 26.6 Å². The molecule has 0 aliphatic carbocycles. The van der Waals surface area contributed by atoms with Crippen molar-refractivity contribution in [1.82, 2.24) is 19.3 Å². The van der Waals surface area contributed by atoms with E-state index in [1.807, 2.05) is 4.72 Å². The molecule has 12 nitrogen and oxygen atoms in total. The van der Waals surface area contributed by atoms with E-state index >= 15 is 0 Å². The minimum Gasteiger partial charge on any atom is -0.384 e. The number of benzene rings is 2. The number of pyridine rings is 2. The number of nitrogens with two attached hydrogens (primary N) is 2. The number of halogens is 1. The molecule has 0 unspecified atom stereocenters. The Kier molecular flexibility index (Phi) is 7.17. The Bertz CT molecular complexity index is 2120. The summed E-state index contributed by atoms with van der Waals surface area (Å²) in [6.07, 6.45) is 2.90. The van der Waals surface area contributed by atoms with Gasteiger partial charge < -0.3 is 15.3 Å². The lowest BCUT2D eigenvalue weighted by atomic mass is 10.0. The third kappa shape index (κ3) is 5.58. The van der Waals surface area contributed by atoms with Gasteiger partial charge in [-0.2, -0.15) is 0 Å². The van der Waals surface area contributed by atoms with Crippen molar-refractivity contribution in [1.29, 1.82) is 0 Å². The van der Waals surface area contributed by atoms with Crippen molar-refractivity contribution in [2.75, 3.05) is 5.73 Å². The van der Waals surface area contributed by atoms with Gasteiger partial charge in [0.05, 0.1) is 9.79 Å². The van der Waals surface area contributed by atoms with Crippen LogP contribution in [0.15, 0.2) is 93.7 Å². The first-order valence-corrected chi connectivity index (χ1v) is 15.2. The van der Waals surface area contributed by atoms with Gasteiger partial charge in [-0.3, -0.25) is 9.59 Å². The van der Waals surface area contributed by atoms with E-state index in [0.29, 0.717) is 21.5 Å². The molecular formula is C26H21ClN6O6S2. The molecule has 2 aromatic carbocycles. The molecule has 210 valence electrons. The maximum Gasteiger partial charge on any atom is 0.282 e. The fourth-order valence-electron chi connectivity index (χ4n) is 4.44. The number of sulfonamides is 2. The Balaban J connectivity index is 1.74. The molecule has 5 rings (SSSR count). The fourth-order valence-corrected chi connectivity index (χ4v) is 6.25. The standard InChI is InChI=1S/C26H21ClN6O6S2/c27-16-6-7-21-20(12-16)23(19-5-2-9-31-25(19)34)24(33(21)14-15-8-10-30-22(28)11-15)26(35)32-41(38,39)18-4-1-3-17(13-18)40(29,36)37/h1-13H,14H2,(H2,28,30)(H,31,34)(H,32,35)(H2,29,36,37). The van der Waals surface area contributed by atoms with E-state index in [0.717, 1.165) is 18.2 Å². The number of anilines is 1. The average molecular weight is 613 g/mol. The van der Waals surface area contributed by atoms with Crippen LogP contribution in [0.1, 0.15) is 16.1 Å². The van der Waals surface area contributed by atoms with Crippen molar-refractivity contribution in [2.24, 2.45) is 5.14 Å². The van der Waals surface area contributed by atoms with Gasteiger partial charge in [-0.1, -0.05) is 17.7 Å². The van der Waals surface area contributed by atoms with Crippen LogP contribution in [0.25, 0.3) is 22.0 Å². The number of rotatable bonds is 7. The van der Waals surface area contributed by atoms with Gasteiger partial charge in [0.2, 0.25) is 10.0 Å². The summed E-state index contributed by atoms with van der Waals surface area (Å²) in [6, 6.07) is 15.4. The molecule has 3 heterocycles. The maximum atomic E-state index is 13.9. The average Bonchev–Trinajstić information content (AvgIpc) is 3.21. The summed E-state index contributed by atoms with van der Waals surface area (Å²) < 4.78 is 53.7. The Morgan fingerprint density at radius 1 is 1.00 bits per heavy atom. The Morgan fingerprint density at radius 3 is 2.46 bits per heavy atom. The number of hydrogen-bond donors (Lipinski definition) is 4. The second-order valence-corrected chi connectivity index (χ2v) is 12.6. The summed E-state index contributed by atoms with van der Waals surface area (Å²) in [7, 11) is -8.84. The lowest BCUT2D eigenvalue weighted by molar-refractivity contribution is 0.0974. The number of fused-ring (bicyclic) bond motifs is 1. The SMILES string of the molecule is Nc1cc(Cn2c(C(=O)NS(=O)(=O)c3cccc(S(N)(=O)=O)c3)c(-c3ccc[nH]c3=O)c3cc(Cl)ccc32)ccn1. The van der Waals surface area contributed by atoms with Crippen LogP contribution in [0.4, 0.5) is 5.82 Å². The van der Waals surface area contributed by atoms with Crippen molar-refractivity contribution in [3.05, 3.63) is 106 Å². The molecular weight excluding hydrogens is 592 g/mol. The Labute approximate surface area is 238 Å². The molecule has 5 aromatic rings. The number of primary sulfonamides is 1. The molecule has 0 spiro atoms. The molecule has 0 radical (unpaired) electrons. The van der Waals surface area contributed by atoms with Crippen LogP contribution in [-0.4, -0.2) is 37.3 Å². The molecule has 6 N–H and O–H groups in total. The highest BCUT2D eigenvalue weighted by atomic mass is 35.5. The molecule has 0 saturated heterocycles. The molecule has 0 saturated carbocycles. The predicted octanol–water partition coefficient (Wildman–Crippen LogP) is 2.44. The molecule has 0 bridgehead atoms. The van der Waals surface area contributed by atoms with E-state index in [4.69, 9.17) is 22.5 Å². The van der Waals surface area contributed by atoms with Crippen molar-refractivity contribution >= 4 is 54.3 Å². The maximum absolute atomic E-state index is 13.9. The lowest BCUT2D eigenvalue weighted by Crippen LogP contribution is -2.33. The van der Waals surface area contributed by atoms with Gasteiger partial charge >= 0.3 is 0 Å². The highest BCUT2D eigenvalue weighted by Crippen LogP contribution is 2.36. The number of aromatic amines is 1. The molecule has 1 amide bonds. The van der Waals surface area contributed by atoms with Gasteiger partial charge in [0.15, 0.2) is 0 Å². The zero-order valence-corrected chi connectivity index (χ0v) is 23.3. The molecule has 3 aromatic heterocycles. The molecule has 0 fully saturated rings. The second kappa shape index (κ2) is 10.5. The summed E-state index contributed by atoms with van der Waals surface area (Å²) in [4.78, 5) is 32.4. The summed E-state index contributed by atoms with van der Waals surface area (Å²) in [5, 5.41) is 5.88. The van der Waals surface area contributed by atoms with E-state index in [1.54, 1.807) is 36.4 Å². The Hall–Kier alpha value is -4.50. The fraction of sp³-hybridized carbons (Fsp3) is 0.0385. The van der Waals surface area contributed by atoms with Gasteiger partial charge in [0, 0.05) is 46.0 Å². The van der Waals surface area contributed by atoms with Crippen molar-refractivity contribution < 1.29 is 21.6 Å². The number of amides is 1. The zero-order valence-electron chi connectivity index (χ0n) is 20.9. The number of nitrogens with one attached hydrogen (secondary N) is 2. The minimum atomic E-state index is -4.62. The number of hydrogen-bond acceptors (Lipinski definition) is 8. The largest absolute Gasteiger partial charge is 0.384 e. The van der Waals surface area contributed by atoms with Crippen LogP contribution < -0.4 is 21.2 Å². The van der Waals surface area contributed by atoms with Gasteiger partial charge in [-0.05, 0) is 66.2 Å². The van der Waals surface area contributed by atoms with Crippen LogP contribution in [0.5, 0.6) is 0 Å². The normalized spacial score (nSPS) is 12.0.